The number of hydrogen-bond donors (Lipinski definition) is 1. The molecular formula is C18H32N2O2S. The summed E-state index contributed by atoms with van der Waals surface area (Å²) in [5, 5.41) is 3.13. The molecule has 132 valence electrons. The van der Waals surface area contributed by atoms with E-state index < -0.39 is 0 Å². The summed E-state index contributed by atoms with van der Waals surface area (Å²) in [5.41, 5.74) is 0. The Morgan fingerprint density at radius 3 is 2.57 bits per heavy atom. The molecule has 0 unspecified atom stereocenters. The van der Waals surface area contributed by atoms with Gasteiger partial charge < -0.3 is 10.2 Å². The van der Waals surface area contributed by atoms with E-state index in [0.29, 0.717) is 5.75 Å². The van der Waals surface area contributed by atoms with Gasteiger partial charge in [0.1, 0.15) is 0 Å². The van der Waals surface area contributed by atoms with E-state index in [-0.39, 0.29) is 17.9 Å². The zero-order chi connectivity index (χ0) is 16.7. The van der Waals surface area contributed by atoms with Crippen molar-refractivity contribution in [2.75, 3.05) is 24.6 Å². The van der Waals surface area contributed by atoms with Gasteiger partial charge in [0.15, 0.2) is 0 Å². The van der Waals surface area contributed by atoms with Crippen molar-refractivity contribution in [1.29, 1.82) is 0 Å². The van der Waals surface area contributed by atoms with Crippen LogP contribution >= 0.6 is 11.8 Å². The zero-order valence-corrected chi connectivity index (χ0v) is 15.5. The van der Waals surface area contributed by atoms with Gasteiger partial charge in [0.2, 0.25) is 11.8 Å². The normalized spacial score (nSPS) is 26.1. The lowest BCUT2D eigenvalue weighted by Crippen LogP contribution is -2.46. The molecule has 4 nitrogen and oxygen atoms in total. The number of carbonyl (C=O) groups is 2. The van der Waals surface area contributed by atoms with Gasteiger partial charge in [-0.05, 0) is 43.3 Å². The maximum Gasteiger partial charge on any atom is 0.230 e. The van der Waals surface area contributed by atoms with Crippen molar-refractivity contribution in [2.24, 2.45) is 11.8 Å². The molecule has 1 saturated heterocycles. The van der Waals surface area contributed by atoms with Gasteiger partial charge in [0, 0.05) is 26.1 Å². The van der Waals surface area contributed by atoms with Crippen molar-refractivity contribution < 1.29 is 9.59 Å². The molecule has 2 aliphatic rings. The second-order valence-corrected chi connectivity index (χ2v) is 8.43. The van der Waals surface area contributed by atoms with Crippen molar-refractivity contribution in [2.45, 2.75) is 64.8 Å². The van der Waals surface area contributed by atoms with Crippen LogP contribution < -0.4 is 5.32 Å². The van der Waals surface area contributed by atoms with Crippen LogP contribution in [0.4, 0.5) is 0 Å². The van der Waals surface area contributed by atoms with E-state index in [2.05, 4.69) is 12.2 Å². The summed E-state index contributed by atoms with van der Waals surface area (Å²) in [6.07, 6.45) is 8.57. The lowest BCUT2D eigenvalue weighted by Gasteiger charge is -2.31. The minimum absolute atomic E-state index is 0.141. The van der Waals surface area contributed by atoms with Gasteiger partial charge in [-0.2, -0.15) is 11.8 Å². The second kappa shape index (κ2) is 9.55. The smallest absolute Gasteiger partial charge is 0.230 e. The molecule has 0 aromatic rings. The first-order chi connectivity index (χ1) is 11.0. The minimum Gasteiger partial charge on any atom is -0.353 e. The molecule has 5 heteroatoms. The van der Waals surface area contributed by atoms with E-state index in [1.54, 1.807) is 18.7 Å². The van der Waals surface area contributed by atoms with E-state index >= 15 is 0 Å². The Labute approximate surface area is 145 Å². The van der Waals surface area contributed by atoms with Gasteiger partial charge in [-0.1, -0.05) is 26.2 Å². The van der Waals surface area contributed by atoms with Crippen LogP contribution in [0.25, 0.3) is 0 Å². The number of carbonyl (C=O) groups excluding carboxylic acids is 2. The molecule has 1 N–H and O–H groups in total. The van der Waals surface area contributed by atoms with Crippen LogP contribution in [0, 0.1) is 11.8 Å². The van der Waals surface area contributed by atoms with Gasteiger partial charge in [-0.3, -0.25) is 9.59 Å². The van der Waals surface area contributed by atoms with Crippen LogP contribution in [0.2, 0.25) is 0 Å². The third-order valence-corrected chi connectivity index (χ3v) is 6.24. The Bertz CT molecular complexity index is 394. The molecule has 0 aromatic carbocycles. The van der Waals surface area contributed by atoms with Crippen molar-refractivity contribution in [1.82, 2.24) is 10.2 Å². The first-order valence-corrected chi connectivity index (χ1v) is 10.3. The zero-order valence-electron chi connectivity index (χ0n) is 14.7. The van der Waals surface area contributed by atoms with E-state index in [4.69, 9.17) is 0 Å². The molecule has 2 rings (SSSR count). The molecule has 2 fully saturated rings. The third kappa shape index (κ3) is 6.74. The van der Waals surface area contributed by atoms with Crippen LogP contribution in [0.5, 0.6) is 0 Å². The Morgan fingerprint density at radius 2 is 1.91 bits per heavy atom. The predicted octanol–water partition coefficient (Wildman–Crippen LogP) is 3.06. The Balaban J connectivity index is 1.53. The molecule has 0 aromatic heterocycles. The highest BCUT2D eigenvalue weighted by atomic mass is 32.2. The Hall–Kier alpha value is -0.710. The summed E-state index contributed by atoms with van der Waals surface area (Å²) in [4.78, 5) is 25.2. The number of hydrogen-bond acceptors (Lipinski definition) is 3. The highest BCUT2D eigenvalue weighted by Crippen LogP contribution is 2.31. The molecule has 2 atom stereocenters. The Morgan fingerprint density at radius 1 is 1.17 bits per heavy atom. The van der Waals surface area contributed by atoms with Crippen molar-refractivity contribution in [3.63, 3.8) is 0 Å². The highest BCUT2D eigenvalue weighted by Gasteiger charge is 2.22. The van der Waals surface area contributed by atoms with Crippen molar-refractivity contribution >= 4 is 23.6 Å². The summed E-state index contributed by atoms with van der Waals surface area (Å²) in [5.74, 6) is 3.76. The number of rotatable bonds is 6. The van der Waals surface area contributed by atoms with Crippen molar-refractivity contribution in [3.8, 4) is 0 Å². The molecule has 0 radical (unpaired) electrons. The number of nitrogens with one attached hydrogen (secondary N) is 1. The van der Waals surface area contributed by atoms with Crippen LogP contribution in [-0.2, 0) is 9.59 Å². The molecule has 1 heterocycles. The van der Waals surface area contributed by atoms with Gasteiger partial charge in [-0.25, -0.2) is 0 Å². The quantitative estimate of drug-likeness (QED) is 0.756. The fourth-order valence-electron chi connectivity index (χ4n) is 3.84. The Kier molecular flexibility index (Phi) is 7.74. The number of nitrogens with zero attached hydrogens (tertiary/aromatic N) is 1. The molecule has 1 aliphatic carbocycles. The molecule has 0 spiro atoms. The number of likely N-dealkylation sites (tertiary alicyclic amines) is 1. The molecule has 1 saturated carbocycles. The summed E-state index contributed by atoms with van der Waals surface area (Å²) >= 11 is 1.77. The monoisotopic (exact) mass is 340 g/mol. The van der Waals surface area contributed by atoms with Crippen LogP contribution in [-0.4, -0.2) is 47.4 Å². The fraction of sp³-hybridized carbons (Fsp3) is 0.889. The lowest BCUT2D eigenvalue weighted by atomic mass is 9.81. The maximum atomic E-state index is 12.0. The maximum absolute atomic E-state index is 12.0. The summed E-state index contributed by atoms with van der Waals surface area (Å²) in [6.45, 7) is 5.52. The average Bonchev–Trinajstić information content (AvgIpc) is 2.52. The minimum atomic E-state index is 0.141. The summed E-state index contributed by atoms with van der Waals surface area (Å²) in [7, 11) is 0. The van der Waals surface area contributed by atoms with Gasteiger partial charge >= 0.3 is 0 Å². The number of thioether (sulfide) groups is 1. The highest BCUT2D eigenvalue weighted by molar-refractivity contribution is 7.99. The van der Waals surface area contributed by atoms with Crippen molar-refractivity contribution in [3.05, 3.63) is 0 Å². The second-order valence-electron chi connectivity index (χ2n) is 7.33. The van der Waals surface area contributed by atoms with E-state index in [1.165, 1.54) is 32.1 Å². The topological polar surface area (TPSA) is 49.4 Å². The standard InChI is InChI=1S/C18H32N2O2S/c1-14-4-3-5-16(12-14)8-11-23-13-18(22)19-17-6-9-20(10-7-17)15(2)21/h14,16-17H,3-13H2,1-2H3,(H,19,22)/t14-,16-/m0/s1. The largest absolute Gasteiger partial charge is 0.353 e. The number of amides is 2. The lowest BCUT2D eigenvalue weighted by molar-refractivity contribution is -0.130. The molecule has 1 aliphatic heterocycles. The van der Waals surface area contributed by atoms with E-state index in [0.717, 1.165) is 43.5 Å². The van der Waals surface area contributed by atoms with Gasteiger partial charge in [-0.15, -0.1) is 0 Å². The first kappa shape index (κ1) is 18.6. The molecule has 0 bridgehead atoms. The van der Waals surface area contributed by atoms with Crippen LogP contribution in [0.1, 0.15) is 58.8 Å². The van der Waals surface area contributed by atoms with Gasteiger partial charge in [0.05, 0.1) is 5.75 Å². The third-order valence-electron chi connectivity index (χ3n) is 5.25. The molecular weight excluding hydrogens is 308 g/mol. The average molecular weight is 341 g/mol. The predicted molar refractivity (Wildman–Crippen MR) is 96.5 cm³/mol. The van der Waals surface area contributed by atoms with Gasteiger partial charge in [0.25, 0.3) is 0 Å². The summed E-state index contributed by atoms with van der Waals surface area (Å²) < 4.78 is 0. The summed E-state index contributed by atoms with van der Waals surface area (Å²) in [6, 6.07) is 0.248. The fourth-order valence-corrected chi connectivity index (χ4v) is 4.76. The molecule has 2 amide bonds. The van der Waals surface area contributed by atoms with E-state index in [9.17, 15) is 9.59 Å². The van der Waals surface area contributed by atoms with Crippen LogP contribution in [0.15, 0.2) is 0 Å². The number of piperidine rings is 1. The SMILES string of the molecule is CC(=O)N1CCC(NC(=O)CSCC[C@@H]2CCC[C@H](C)C2)CC1. The first-order valence-electron chi connectivity index (χ1n) is 9.17. The molecule has 23 heavy (non-hydrogen) atoms. The van der Waals surface area contributed by atoms with Crippen LogP contribution in [0.3, 0.4) is 0 Å². The van der Waals surface area contributed by atoms with E-state index in [1.807, 2.05) is 4.90 Å².